The normalized spacial score (nSPS) is 11.1. The summed E-state index contributed by atoms with van der Waals surface area (Å²) in [6, 6.07) is 8.51. The molecule has 0 spiro atoms. The van der Waals surface area contributed by atoms with Gasteiger partial charge in [-0.3, -0.25) is 0 Å². The van der Waals surface area contributed by atoms with Crippen LogP contribution < -0.4 is 4.74 Å². The van der Waals surface area contributed by atoms with Crippen molar-refractivity contribution < 1.29 is 17.9 Å². The monoisotopic (exact) mass is 297 g/mol. The molecular weight excluding hydrogens is 287 g/mol. The van der Waals surface area contributed by atoms with Crippen molar-refractivity contribution in [3.8, 4) is 11.8 Å². The maximum atomic E-state index is 12.5. The summed E-state index contributed by atoms with van der Waals surface area (Å²) >= 11 is 1.58. The van der Waals surface area contributed by atoms with Crippen LogP contribution in [-0.2, 0) is 12.6 Å². The molecule has 0 radical (unpaired) electrons. The van der Waals surface area contributed by atoms with Crippen molar-refractivity contribution in [2.24, 2.45) is 0 Å². The number of nitrogens with zero attached hydrogens (tertiary/aromatic N) is 1. The van der Waals surface area contributed by atoms with Gasteiger partial charge in [0.1, 0.15) is 11.8 Å². The zero-order valence-corrected chi connectivity index (χ0v) is 11.1. The Hall–Kier alpha value is -2.00. The van der Waals surface area contributed by atoms with Crippen LogP contribution in [0.2, 0.25) is 0 Å². The summed E-state index contributed by atoms with van der Waals surface area (Å²) in [5.41, 5.74) is -0.953. The summed E-state index contributed by atoms with van der Waals surface area (Å²) in [5.74, 6) is 0.178. The van der Waals surface area contributed by atoms with Crippen molar-refractivity contribution in [2.45, 2.75) is 12.6 Å². The first-order valence-electron chi connectivity index (χ1n) is 5.77. The van der Waals surface area contributed by atoms with Gasteiger partial charge in [0, 0.05) is 11.3 Å². The predicted molar refractivity (Wildman–Crippen MR) is 69.7 cm³/mol. The summed E-state index contributed by atoms with van der Waals surface area (Å²) in [7, 11) is 0. The Morgan fingerprint density at radius 3 is 2.65 bits per heavy atom. The first kappa shape index (κ1) is 14.4. The van der Waals surface area contributed by atoms with Gasteiger partial charge in [0.05, 0.1) is 17.7 Å². The topological polar surface area (TPSA) is 33.0 Å². The van der Waals surface area contributed by atoms with E-state index < -0.39 is 11.7 Å². The van der Waals surface area contributed by atoms with Crippen molar-refractivity contribution in [2.75, 3.05) is 6.61 Å². The summed E-state index contributed by atoms with van der Waals surface area (Å²) in [6.45, 7) is 0.320. The molecule has 1 aromatic heterocycles. The summed E-state index contributed by atoms with van der Waals surface area (Å²) in [5, 5.41) is 10.8. The molecule has 0 fully saturated rings. The van der Waals surface area contributed by atoms with E-state index in [0.717, 1.165) is 17.0 Å². The van der Waals surface area contributed by atoms with Crippen LogP contribution in [0.1, 0.15) is 16.0 Å². The number of nitriles is 1. The van der Waals surface area contributed by atoms with E-state index in [1.165, 1.54) is 6.07 Å². The molecule has 0 N–H and O–H groups in total. The predicted octanol–water partition coefficient (Wildman–Crippen LogP) is 4.26. The number of hydrogen-bond acceptors (Lipinski definition) is 3. The molecule has 0 unspecified atom stereocenters. The van der Waals surface area contributed by atoms with Gasteiger partial charge in [-0.2, -0.15) is 18.4 Å². The molecule has 2 nitrogen and oxygen atoms in total. The fraction of sp³-hybridized carbons (Fsp3) is 0.214. The van der Waals surface area contributed by atoms with E-state index in [9.17, 15) is 13.2 Å². The highest BCUT2D eigenvalue weighted by atomic mass is 32.1. The zero-order chi connectivity index (χ0) is 14.6. The van der Waals surface area contributed by atoms with Crippen LogP contribution in [0.3, 0.4) is 0 Å². The van der Waals surface area contributed by atoms with Crippen LogP contribution in [0.25, 0.3) is 0 Å². The molecule has 0 bridgehead atoms. The average molecular weight is 297 g/mol. The highest BCUT2D eigenvalue weighted by molar-refractivity contribution is 7.09. The minimum absolute atomic E-state index is 0.106. The van der Waals surface area contributed by atoms with Crippen molar-refractivity contribution in [3.05, 3.63) is 51.7 Å². The number of rotatable bonds is 4. The molecule has 1 heterocycles. The van der Waals surface area contributed by atoms with Gasteiger partial charge in [-0.1, -0.05) is 6.07 Å². The molecule has 2 rings (SSSR count). The first-order valence-corrected chi connectivity index (χ1v) is 6.65. The Bertz CT molecular complexity index is 614. The number of hydrogen-bond donors (Lipinski definition) is 0. The SMILES string of the molecule is N#Cc1cc(C(F)(F)F)ccc1OCCc1cccs1. The summed E-state index contributed by atoms with van der Waals surface area (Å²) < 4.78 is 43.0. The van der Waals surface area contributed by atoms with Crippen molar-refractivity contribution in [1.82, 2.24) is 0 Å². The number of halogens is 3. The second-order valence-corrected chi connectivity index (χ2v) is 5.03. The fourth-order valence-electron chi connectivity index (χ4n) is 1.64. The summed E-state index contributed by atoms with van der Waals surface area (Å²) in [4.78, 5) is 1.12. The largest absolute Gasteiger partial charge is 0.492 e. The van der Waals surface area contributed by atoms with Gasteiger partial charge in [-0.25, -0.2) is 0 Å². The Labute approximate surface area is 118 Å². The number of benzene rings is 1. The smallest absolute Gasteiger partial charge is 0.416 e. The van der Waals surface area contributed by atoms with Crippen LogP contribution in [0.5, 0.6) is 5.75 Å². The molecule has 104 valence electrons. The van der Waals surface area contributed by atoms with Gasteiger partial charge in [0.15, 0.2) is 0 Å². The van der Waals surface area contributed by atoms with E-state index in [-0.39, 0.29) is 11.3 Å². The molecule has 0 atom stereocenters. The van der Waals surface area contributed by atoms with Crippen LogP contribution in [0, 0.1) is 11.3 Å². The molecule has 6 heteroatoms. The average Bonchev–Trinajstić information content (AvgIpc) is 2.91. The van der Waals surface area contributed by atoms with Crippen molar-refractivity contribution in [1.29, 1.82) is 5.26 Å². The van der Waals surface area contributed by atoms with E-state index >= 15 is 0 Å². The molecule has 2 aromatic rings. The Kier molecular flexibility index (Phi) is 4.30. The van der Waals surface area contributed by atoms with Gasteiger partial charge < -0.3 is 4.74 Å². The summed E-state index contributed by atoms with van der Waals surface area (Å²) in [6.07, 6.45) is -3.80. The lowest BCUT2D eigenvalue weighted by atomic mass is 10.1. The molecule has 0 saturated carbocycles. The number of alkyl halides is 3. The zero-order valence-electron chi connectivity index (χ0n) is 10.3. The highest BCUT2D eigenvalue weighted by Gasteiger charge is 2.31. The number of thiophene rings is 1. The Morgan fingerprint density at radius 2 is 2.05 bits per heavy atom. The lowest BCUT2D eigenvalue weighted by molar-refractivity contribution is -0.137. The van der Waals surface area contributed by atoms with Gasteiger partial charge in [0.2, 0.25) is 0 Å². The number of ether oxygens (including phenoxy) is 1. The van der Waals surface area contributed by atoms with Gasteiger partial charge >= 0.3 is 6.18 Å². The van der Waals surface area contributed by atoms with Crippen LogP contribution in [-0.4, -0.2) is 6.61 Å². The molecule has 0 aliphatic rings. The Morgan fingerprint density at radius 1 is 1.25 bits per heavy atom. The minimum atomic E-state index is -4.46. The maximum Gasteiger partial charge on any atom is 0.416 e. The molecule has 1 aromatic carbocycles. The molecule has 20 heavy (non-hydrogen) atoms. The standard InChI is InChI=1S/C14H10F3NOS/c15-14(16,17)11-3-4-13(10(8-11)9-18)19-6-5-12-2-1-7-20-12/h1-4,7-8H,5-6H2. The van der Waals surface area contributed by atoms with Gasteiger partial charge in [0.25, 0.3) is 0 Å². The van der Waals surface area contributed by atoms with Gasteiger partial charge in [-0.15, -0.1) is 11.3 Å². The molecule has 0 saturated heterocycles. The van der Waals surface area contributed by atoms with Crippen molar-refractivity contribution in [3.63, 3.8) is 0 Å². The lowest BCUT2D eigenvalue weighted by Crippen LogP contribution is -2.07. The second-order valence-electron chi connectivity index (χ2n) is 4.00. The van der Waals surface area contributed by atoms with E-state index in [4.69, 9.17) is 10.00 Å². The molecular formula is C14H10F3NOS. The van der Waals surface area contributed by atoms with E-state index in [2.05, 4.69) is 0 Å². The van der Waals surface area contributed by atoms with E-state index in [0.29, 0.717) is 13.0 Å². The maximum absolute atomic E-state index is 12.5. The van der Waals surface area contributed by atoms with Crippen LogP contribution in [0.4, 0.5) is 13.2 Å². The molecule has 0 amide bonds. The minimum Gasteiger partial charge on any atom is -0.492 e. The first-order chi connectivity index (χ1) is 9.50. The highest BCUT2D eigenvalue weighted by Crippen LogP contribution is 2.32. The Balaban J connectivity index is 2.06. The molecule has 0 aliphatic carbocycles. The molecule has 0 aliphatic heterocycles. The van der Waals surface area contributed by atoms with Gasteiger partial charge in [-0.05, 0) is 29.6 Å². The van der Waals surface area contributed by atoms with Crippen molar-refractivity contribution >= 4 is 11.3 Å². The second kappa shape index (κ2) is 5.97. The third kappa shape index (κ3) is 3.52. The van der Waals surface area contributed by atoms with Crippen LogP contribution in [0.15, 0.2) is 35.7 Å². The lowest BCUT2D eigenvalue weighted by Gasteiger charge is -2.10. The third-order valence-electron chi connectivity index (χ3n) is 2.61. The van der Waals surface area contributed by atoms with E-state index in [1.54, 1.807) is 17.4 Å². The van der Waals surface area contributed by atoms with E-state index in [1.807, 2.05) is 17.5 Å². The quantitative estimate of drug-likeness (QED) is 0.844. The fourth-order valence-corrected chi connectivity index (χ4v) is 2.33. The van der Waals surface area contributed by atoms with Crippen LogP contribution >= 0.6 is 11.3 Å². The third-order valence-corrected chi connectivity index (χ3v) is 3.55.